The summed E-state index contributed by atoms with van der Waals surface area (Å²) in [5.74, 6) is -1.03. The minimum absolute atomic E-state index is 0.0771. The molecule has 0 aliphatic rings. The summed E-state index contributed by atoms with van der Waals surface area (Å²) in [5.41, 5.74) is 0.265. The summed E-state index contributed by atoms with van der Waals surface area (Å²) >= 11 is 3.06. The zero-order chi connectivity index (χ0) is 23.4. The number of nitrogens with one attached hydrogen (secondary N) is 1. The largest absolute Gasteiger partial charge is 0.469 e. The van der Waals surface area contributed by atoms with Gasteiger partial charge in [0.25, 0.3) is 5.91 Å². The van der Waals surface area contributed by atoms with Crippen LogP contribution in [0.4, 0.5) is 0 Å². The Hall–Kier alpha value is -1.87. The van der Waals surface area contributed by atoms with Gasteiger partial charge in [0.05, 0.1) is 31.2 Å². The molecule has 0 spiro atoms. The summed E-state index contributed by atoms with van der Waals surface area (Å²) in [6.07, 6.45) is 3.42. The zero-order valence-corrected chi connectivity index (χ0v) is 19.7. The Labute approximate surface area is 186 Å². The third kappa shape index (κ3) is 22.4. The molecule has 10 heteroatoms. The Bertz CT molecular complexity index is 578. The molecule has 0 rings (SSSR count). The minimum Gasteiger partial charge on any atom is -0.469 e. The highest BCUT2D eigenvalue weighted by Gasteiger charge is 2.10. The fraction of sp³-hybridized carbons (Fsp3) is 0.700. The Morgan fingerprint density at radius 2 is 1.57 bits per heavy atom. The van der Waals surface area contributed by atoms with E-state index < -0.39 is 11.9 Å². The summed E-state index contributed by atoms with van der Waals surface area (Å²) in [4.78, 5) is 50.8. The van der Waals surface area contributed by atoms with Gasteiger partial charge in [0.2, 0.25) is 0 Å². The van der Waals surface area contributed by atoms with Gasteiger partial charge >= 0.3 is 12.1 Å². The average molecular weight is 494 g/mol. The third-order valence-corrected chi connectivity index (χ3v) is 4.02. The number of rotatable bonds is 14. The SMILES string of the molecule is COC(=O)CCNC(=O)/C(Br)=C\C(=O)CCCOCCOCCC(C)(C)C.O=C=O. The molecule has 1 N–H and O–H groups in total. The molecule has 9 nitrogen and oxygen atoms in total. The van der Waals surface area contributed by atoms with E-state index in [0.717, 1.165) is 6.42 Å². The van der Waals surface area contributed by atoms with Crippen LogP contribution in [0.5, 0.6) is 0 Å². The van der Waals surface area contributed by atoms with Gasteiger partial charge in [0.15, 0.2) is 5.78 Å². The van der Waals surface area contributed by atoms with Crippen LogP contribution >= 0.6 is 15.9 Å². The first-order valence-electron chi connectivity index (χ1n) is 9.47. The first kappa shape index (κ1) is 30.3. The molecule has 0 atom stereocenters. The van der Waals surface area contributed by atoms with E-state index in [1.165, 1.54) is 13.2 Å². The minimum atomic E-state index is -0.448. The van der Waals surface area contributed by atoms with Crippen molar-refractivity contribution in [3.63, 3.8) is 0 Å². The van der Waals surface area contributed by atoms with E-state index in [1.807, 2.05) is 0 Å². The van der Waals surface area contributed by atoms with Crippen LogP contribution < -0.4 is 5.32 Å². The summed E-state index contributed by atoms with van der Waals surface area (Å²) in [7, 11) is 1.28. The second kappa shape index (κ2) is 19.1. The highest BCUT2D eigenvalue weighted by Crippen LogP contribution is 2.17. The number of carbonyl (C=O) groups is 3. The van der Waals surface area contributed by atoms with Crippen molar-refractivity contribution in [1.82, 2.24) is 5.32 Å². The molecular weight excluding hydrogens is 462 g/mol. The maximum Gasteiger partial charge on any atom is 0.373 e. The average Bonchev–Trinajstić information content (AvgIpc) is 2.66. The van der Waals surface area contributed by atoms with E-state index in [1.54, 1.807) is 0 Å². The lowest BCUT2D eigenvalue weighted by Gasteiger charge is -2.17. The Kier molecular flexibility index (Phi) is 19.3. The topological polar surface area (TPSA) is 125 Å². The van der Waals surface area contributed by atoms with Gasteiger partial charge in [-0.1, -0.05) is 20.8 Å². The van der Waals surface area contributed by atoms with Crippen molar-refractivity contribution in [3.05, 3.63) is 10.6 Å². The number of hydrogen-bond donors (Lipinski definition) is 1. The predicted molar refractivity (Wildman–Crippen MR) is 112 cm³/mol. The van der Waals surface area contributed by atoms with Crippen LogP contribution in [0.2, 0.25) is 0 Å². The summed E-state index contributed by atoms with van der Waals surface area (Å²) in [6.45, 7) is 8.88. The first-order chi connectivity index (χ1) is 14.1. The number of amides is 1. The molecule has 0 aromatic carbocycles. The fourth-order valence-electron chi connectivity index (χ4n) is 1.79. The summed E-state index contributed by atoms with van der Waals surface area (Å²) in [6, 6.07) is 0. The second-order valence-corrected chi connectivity index (χ2v) is 8.12. The number of esters is 1. The van der Waals surface area contributed by atoms with Gasteiger partial charge in [0.1, 0.15) is 0 Å². The lowest BCUT2D eigenvalue weighted by Crippen LogP contribution is -2.26. The van der Waals surface area contributed by atoms with Crippen LogP contribution in [0.1, 0.15) is 46.5 Å². The van der Waals surface area contributed by atoms with Crippen molar-refractivity contribution in [3.8, 4) is 0 Å². The zero-order valence-electron chi connectivity index (χ0n) is 18.1. The number of methoxy groups -OCH3 is 1. The maximum absolute atomic E-state index is 11.8. The van der Waals surface area contributed by atoms with Crippen LogP contribution in [0.25, 0.3) is 0 Å². The molecule has 30 heavy (non-hydrogen) atoms. The molecule has 0 bridgehead atoms. The smallest absolute Gasteiger partial charge is 0.373 e. The Balaban J connectivity index is 0. The lowest BCUT2D eigenvalue weighted by atomic mass is 9.93. The third-order valence-electron chi connectivity index (χ3n) is 3.43. The van der Waals surface area contributed by atoms with Crippen molar-refractivity contribution >= 4 is 39.7 Å². The second-order valence-electron chi connectivity index (χ2n) is 7.26. The van der Waals surface area contributed by atoms with Gasteiger partial charge in [0, 0.05) is 32.3 Å². The van der Waals surface area contributed by atoms with Crippen LogP contribution in [0.15, 0.2) is 10.6 Å². The fourth-order valence-corrected chi connectivity index (χ4v) is 2.19. The van der Waals surface area contributed by atoms with Crippen molar-refractivity contribution in [2.24, 2.45) is 5.41 Å². The highest BCUT2D eigenvalue weighted by molar-refractivity contribution is 9.12. The molecule has 0 aromatic rings. The predicted octanol–water partition coefficient (Wildman–Crippen LogP) is 2.18. The van der Waals surface area contributed by atoms with Gasteiger partial charge in [-0.15, -0.1) is 0 Å². The van der Waals surface area contributed by atoms with Crippen molar-refractivity contribution in [2.75, 3.05) is 40.1 Å². The van der Waals surface area contributed by atoms with Crippen molar-refractivity contribution in [2.45, 2.75) is 46.5 Å². The first-order valence-corrected chi connectivity index (χ1v) is 10.3. The molecule has 0 aromatic heterocycles. The van der Waals surface area contributed by atoms with E-state index in [4.69, 9.17) is 19.1 Å². The number of hydrogen-bond acceptors (Lipinski definition) is 8. The number of halogens is 1. The van der Waals surface area contributed by atoms with Gasteiger partial charge < -0.3 is 19.5 Å². The van der Waals surface area contributed by atoms with Crippen LogP contribution in [-0.4, -0.2) is 63.9 Å². The quantitative estimate of drug-likeness (QED) is 0.221. The summed E-state index contributed by atoms with van der Waals surface area (Å²) < 4.78 is 15.5. The normalized spacial score (nSPS) is 11.0. The van der Waals surface area contributed by atoms with Gasteiger partial charge in [-0.25, -0.2) is 0 Å². The van der Waals surface area contributed by atoms with Gasteiger partial charge in [-0.2, -0.15) is 9.59 Å². The number of allylic oxidation sites excluding steroid dienone is 1. The molecule has 172 valence electrons. The van der Waals surface area contributed by atoms with Crippen molar-refractivity contribution in [1.29, 1.82) is 0 Å². The molecule has 0 unspecified atom stereocenters. The molecule has 0 aliphatic heterocycles. The number of carbonyl (C=O) groups excluding carboxylic acids is 5. The number of ether oxygens (including phenoxy) is 3. The van der Waals surface area contributed by atoms with Crippen LogP contribution in [0, 0.1) is 5.41 Å². The van der Waals surface area contributed by atoms with E-state index in [0.29, 0.717) is 32.8 Å². The monoisotopic (exact) mass is 493 g/mol. The van der Waals surface area contributed by atoms with E-state index in [9.17, 15) is 14.4 Å². The molecule has 0 radical (unpaired) electrons. The maximum atomic E-state index is 11.8. The van der Waals surface area contributed by atoms with Gasteiger partial charge in [-0.05, 0) is 34.2 Å². The molecular formula is C20H32BrNO8. The van der Waals surface area contributed by atoms with Crippen LogP contribution in [-0.2, 0) is 38.2 Å². The number of ketones is 1. The van der Waals surface area contributed by atoms with E-state index >= 15 is 0 Å². The lowest BCUT2D eigenvalue weighted by molar-refractivity contribution is -0.191. The summed E-state index contributed by atoms with van der Waals surface area (Å²) in [5, 5.41) is 2.52. The highest BCUT2D eigenvalue weighted by atomic mass is 79.9. The molecule has 1 amide bonds. The molecule has 0 heterocycles. The van der Waals surface area contributed by atoms with E-state index in [2.05, 4.69) is 46.8 Å². The van der Waals surface area contributed by atoms with Crippen molar-refractivity contribution < 1.29 is 38.2 Å². The molecule has 0 fully saturated rings. The molecule has 0 saturated carbocycles. The Morgan fingerprint density at radius 1 is 1.00 bits per heavy atom. The standard InChI is InChI=1S/C19H32BrNO6.CO2/c1-19(2,3)8-11-27-13-12-26-10-5-6-15(22)14-16(20)18(24)21-9-7-17(23)25-4;2-1-3/h14H,5-13H2,1-4H3,(H,21,24);/b16-14+;. The van der Waals surface area contributed by atoms with E-state index in [-0.39, 0.29) is 41.2 Å². The van der Waals surface area contributed by atoms with Gasteiger partial charge in [-0.3, -0.25) is 14.4 Å². The Morgan fingerprint density at radius 3 is 2.10 bits per heavy atom. The van der Waals surface area contributed by atoms with Crippen LogP contribution in [0.3, 0.4) is 0 Å². The molecule has 0 aliphatic carbocycles. The molecule has 0 saturated heterocycles.